The molecule has 0 unspecified atom stereocenters. The van der Waals surface area contributed by atoms with E-state index in [1.54, 1.807) is 25.1 Å². The Hall–Kier alpha value is -2.67. The Balaban J connectivity index is 1.66. The van der Waals surface area contributed by atoms with E-state index in [2.05, 4.69) is 25.1 Å². The highest BCUT2D eigenvalue weighted by Gasteiger charge is 2.35. The van der Waals surface area contributed by atoms with Gasteiger partial charge in [0.25, 0.3) is 0 Å². The maximum absolute atomic E-state index is 13.5. The Morgan fingerprint density at radius 1 is 1.22 bits per heavy atom. The van der Waals surface area contributed by atoms with Crippen molar-refractivity contribution < 1.29 is 22.6 Å². The van der Waals surface area contributed by atoms with Crippen LogP contribution in [0.2, 0.25) is 5.02 Å². The third kappa shape index (κ3) is 6.00. The molecule has 194 valence electrons. The van der Waals surface area contributed by atoms with Gasteiger partial charge >= 0.3 is 0 Å². The minimum Gasteiger partial charge on any atom is -0.481 e. The fraction of sp³-hybridized carbons (Fsp3) is 0.522. The third-order valence-electron chi connectivity index (χ3n) is 6.16. The molecule has 11 nitrogen and oxygen atoms in total. The van der Waals surface area contributed by atoms with Crippen LogP contribution in [0.5, 0.6) is 5.88 Å². The van der Waals surface area contributed by atoms with Crippen LogP contribution in [-0.4, -0.2) is 70.8 Å². The van der Waals surface area contributed by atoms with Crippen LogP contribution in [0.3, 0.4) is 0 Å². The predicted octanol–water partition coefficient (Wildman–Crippen LogP) is 2.91. The second kappa shape index (κ2) is 11.6. The maximum Gasteiger partial charge on any atom is 0.213 e. The highest BCUT2D eigenvalue weighted by Crippen LogP contribution is 2.28. The number of methoxy groups -OCH3 is 2. The summed E-state index contributed by atoms with van der Waals surface area (Å²) in [5.41, 5.74) is 0.541. The molecule has 1 fully saturated rings. The van der Waals surface area contributed by atoms with Crippen molar-refractivity contribution in [1.29, 1.82) is 0 Å². The number of ether oxygens (including phenoxy) is 3. The second-order valence-corrected chi connectivity index (χ2v) is 11.4. The van der Waals surface area contributed by atoms with Gasteiger partial charge in [0.2, 0.25) is 5.88 Å². The Morgan fingerprint density at radius 3 is 2.67 bits per heavy atom. The van der Waals surface area contributed by atoms with E-state index in [0.717, 1.165) is 19.4 Å². The highest BCUT2D eigenvalue weighted by atomic mass is 35.5. The van der Waals surface area contributed by atoms with Crippen LogP contribution in [0.15, 0.2) is 30.6 Å². The smallest absolute Gasteiger partial charge is 0.213 e. The van der Waals surface area contributed by atoms with Crippen molar-refractivity contribution in [3.05, 3.63) is 47.3 Å². The van der Waals surface area contributed by atoms with Gasteiger partial charge in [-0.2, -0.15) is 0 Å². The van der Waals surface area contributed by atoms with E-state index in [1.165, 1.54) is 26.6 Å². The van der Waals surface area contributed by atoms with Gasteiger partial charge in [0, 0.05) is 44.6 Å². The van der Waals surface area contributed by atoms with Crippen LogP contribution in [-0.2, 0) is 31.6 Å². The minimum absolute atomic E-state index is 0.201. The minimum atomic E-state index is -3.77. The number of hydrogen-bond donors (Lipinski definition) is 0. The van der Waals surface area contributed by atoms with E-state index in [9.17, 15) is 8.42 Å². The maximum atomic E-state index is 13.5. The summed E-state index contributed by atoms with van der Waals surface area (Å²) in [6.07, 6.45) is 3.85. The summed E-state index contributed by atoms with van der Waals surface area (Å²) >= 11 is 5.88. The zero-order chi connectivity index (χ0) is 25.7. The molecular formula is C23H29ClN6O5S. The summed E-state index contributed by atoms with van der Waals surface area (Å²) in [5, 5.41) is 7.99. The van der Waals surface area contributed by atoms with Gasteiger partial charge in [-0.25, -0.2) is 23.4 Å². The van der Waals surface area contributed by atoms with Crippen molar-refractivity contribution in [2.45, 2.75) is 43.4 Å². The molecule has 1 aliphatic heterocycles. The molecule has 3 atom stereocenters. The lowest BCUT2D eigenvalue weighted by Gasteiger charge is -2.24. The Kier molecular flexibility index (Phi) is 8.50. The Morgan fingerprint density at radius 2 is 2.00 bits per heavy atom. The van der Waals surface area contributed by atoms with Crippen molar-refractivity contribution >= 4 is 21.4 Å². The van der Waals surface area contributed by atoms with Crippen LogP contribution in [0.1, 0.15) is 37.5 Å². The first-order valence-corrected chi connectivity index (χ1v) is 13.6. The van der Waals surface area contributed by atoms with Crippen LogP contribution in [0.25, 0.3) is 11.5 Å². The second-order valence-electron chi connectivity index (χ2n) is 8.63. The molecule has 0 N–H and O–H groups in total. The molecule has 0 saturated carbocycles. The first-order chi connectivity index (χ1) is 17.3. The van der Waals surface area contributed by atoms with E-state index in [0.29, 0.717) is 41.4 Å². The SMILES string of the molecule is COc1cccc(-c2nnc(CS(=O)(=O)[C@@H](C)[C@H](OC)c3ncc(Cl)cn3)n2C[C@H]2CCCOC2)n1. The first-order valence-electron chi connectivity index (χ1n) is 11.6. The predicted molar refractivity (Wildman–Crippen MR) is 132 cm³/mol. The largest absolute Gasteiger partial charge is 0.481 e. The number of rotatable bonds is 10. The number of pyridine rings is 1. The van der Waals surface area contributed by atoms with E-state index >= 15 is 0 Å². The lowest BCUT2D eigenvalue weighted by Crippen LogP contribution is -2.30. The Bertz CT molecular complexity index is 1260. The lowest BCUT2D eigenvalue weighted by atomic mass is 10.0. The lowest BCUT2D eigenvalue weighted by molar-refractivity contribution is 0.0482. The number of hydrogen-bond acceptors (Lipinski definition) is 10. The van der Waals surface area contributed by atoms with Crippen LogP contribution < -0.4 is 4.74 Å². The molecule has 0 aliphatic carbocycles. The quantitative estimate of drug-likeness (QED) is 0.381. The van der Waals surface area contributed by atoms with Crippen molar-refractivity contribution in [2.24, 2.45) is 5.92 Å². The van der Waals surface area contributed by atoms with E-state index in [1.807, 2.05) is 4.57 Å². The number of aromatic nitrogens is 6. The summed E-state index contributed by atoms with van der Waals surface area (Å²) in [6, 6.07) is 5.33. The van der Waals surface area contributed by atoms with E-state index < -0.39 is 21.2 Å². The molecule has 0 bridgehead atoms. The van der Waals surface area contributed by atoms with Crippen molar-refractivity contribution in [3.63, 3.8) is 0 Å². The van der Waals surface area contributed by atoms with Gasteiger partial charge < -0.3 is 18.8 Å². The standard InChI is InChI=1S/C23H29ClN6O5S/c1-15(21(34-3)22-25-10-17(24)11-26-22)36(31,32)14-19-28-29-23(18-7-4-8-20(27-18)33-2)30(19)12-16-6-5-9-35-13-16/h4,7-8,10-11,15-16,21H,5-6,9,12-14H2,1-3H3/t15-,16+,21-/m0/s1. The van der Waals surface area contributed by atoms with Gasteiger partial charge in [-0.1, -0.05) is 17.7 Å². The molecule has 36 heavy (non-hydrogen) atoms. The monoisotopic (exact) mass is 536 g/mol. The van der Waals surface area contributed by atoms with Gasteiger partial charge in [-0.3, -0.25) is 0 Å². The summed E-state index contributed by atoms with van der Waals surface area (Å²) < 4.78 is 45.3. The van der Waals surface area contributed by atoms with E-state index in [4.69, 9.17) is 25.8 Å². The fourth-order valence-corrected chi connectivity index (χ4v) is 5.71. The van der Waals surface area contributed by atoms with Gasteiger partial charge in [-0.05, 0) is 25.8 Å². The molecule has 0 radical (unpaired) electrons. The molecule has 4 rings (SSSR count). The highest BCUT2D eigenvalue weighted by molar-refractivity contribution is 7.91. The average Bonchev–Trinajstić information content (AvgIpc) is 3.27. The molecule has 4 heterocycles. The summed E-state index contributed by atoms with van der Waals surface area (Å²) in [4.78, 5) is 12.8. The summed E-state index contributed by atoms with van der Waals surface area (Å²) in [7, 11) is -0.808. The normalized spacial score (nSPS) is 18.1. The van der Waals surface area contributed by atoms with Gasteiger partial charge in [-0.15, -0.1) is 10.2 Å². The van der Waals surface area contributed by atoms with Crippen LogP contribution in [0.4, 0.5) is 0 Å². The number of nitrogens with zero attached hydrogens (tertiary/aromatic N) is 6. The average molecular weight is 537 g/mol. The number of sulfone groups is 1. The van der Waals surface area contributed by atoms with Gasteiger partial charge in [0.05, 0.1) is 24.0 Å². The number of halogens is 1. The molecule has 0 spiro atoms. The zero-order valence-corrected chi connectivity index (χ0v) is 21.9. The van der Waals surface area contributed by atoms with Crippen LogP contribution in [0, 0.1) is 5.92 Å². The van der Waals surface area contributed by atoms with Gasteiger partial charge in [0.15, 0.2) is 21.5 Å². The van der Waals surface area contributed by atoms with Crippen molar-refractivity contribution in [3.8, 4) is 17.4 Å². The Labute approximate surface area is 215 Å². The molecule has 3 aromatic rings. The summed E-state index contributed by atoms with van der Waals surface area (Å²) in [5.74, 6) is 1.32. The van der Waals surface area contributed by atoms with Crippen molar-refractivity contribution in [2.75, 3.05) is 27.4 Å². The molecule has 3 aromatic heterocycles. The molecule has 0 aromatic carbocycles. The third-order valence-corrected chi connectivity index (χ3v) is 8.39. The molecule has 1 saturated heterocycles. The van der Waals surface area contributed by atoms with E-state index in [-0.39, 0.29) is 17.5 Å². The first kappa shape index (κ1) is 26.4. The molecule has 1 aliphatic rings. The van der Waals surface area contributed by atoms with Crippen molar-refractivity contribution in [1.82, 2.24) is 29.7 Å². The van der Waals surface area contributed by atoms with Crippen LogP contribution >= 0.6 is 11.6 Å². The molecular weight excluding hydrogens is 508 g/mol. The fourth-order valence-electron chi connectivity index (χ4n) is 4.16. The zero-order valence-electron chi connectivity index (χ0n) is 20.4. The van der Waals surface area contributed by atoms with Gasteiger partial charge in [0.1, 0.15) is 23.4 Å². The summed E-state index contributed by atoms with van der Waals surface area (Å²) in [6.45, 7) is 3.40. The molecule has 0 amide bonds. The topological polar surface area (TPSA) is 131 Å². The molecule has 13 heteroatoms.